The van der Waals surface area contributed by atoms with Crippen molar-refractivity contribution in [2.45, 2.75) is 18.8 Å². The Morgan fingerprint density at radius 2 is 1.50 bits per heavy atom. The zero-order valence-corrected chi connectivity index (χ0v) is 10.8. The predicted octanol–water partition coefficient (Wildman–Crippen LogP) is 3.33. The summed E-state index contributed by atoms with van der Waals surface area (Å²) in [5, 5.41) is 3.28. The fourth-order valence-corrected chi connectivity index (χ4v) is 3.04. The van der Waals surface area contributed by atoms with Crippen molar-refractivity contribution < 1.29 is 0 Å². The first kappa shape index (κ1) is 11.5. The molecule has 0 amide bonds. The molecule has 0 spiro atoms. The number of benzene rings is 2. The summed E-state index contributed by atoms with van der Waals surface area (Å²) < 4.78 is 0. The largest absolute Gasteiger partial charge is 0.320 e. The van der Waals surface area contributed by atoms with E-state index in [1.165, 1.54) is 28.7 Å². The van der Waals surface area contributed by atoms with Gasteiger partial charge in [-0.3, -0.25) is 0 Å². The van der Waals surface area contributed by atoms with Gasteiger partial charge in [0.2, 0.25) is 0 Å². The molecule has 1 heteroatoms. The molecule has 0 radical (unpaired) electrons. The van der Waals surface area contributed by atoms with Gasteiger partial charge >= 0.3 is 0 Å². The van der Waals surface area contributed by atoms with Crippen LogP contribution in [-0.4, -0.2) is 13.6 Å². The van der Waals surface area contributed by atoms with Gasteiger partial charge in [-0.2, -0.15) is 0 Å². The summed E-state index contributed by atoms with van der Waals surface area (Å²) in [5.74, 6) is 0.554. The van der Waals surface area contributed by atoms with Gasteiger partial charge in [-0.1, -0.05) is 48.5 Å². The quantitative estimate of drug-likeness (QED) is 0.863. The zero-order chi connectivity index (χ0) is 12.4. The molecule has 1 aliphatic carbocycles. The van der Waals surface area contributed by atoms with Crippen LogP contribution in [0.3, 0.4) is 0 Å². The van der Waals surface area contributed by atoms with Crippen LogP contribution >= 0.6 is 0 Å². The molecule has 2 aromatic rings. The third kappa shape index (κ3) is 1.95. The van der Waals surface area contributed by atoms with Gasteiger partial charge in [0.25, 0.3) is 0 Å². The van der Waals surface area contributed by atoms with Gasteiger partial charge in [-0.05, 0) is 48.7 Å². The normalized spacial score (nSPS) is 14.1. The maximum absolute atomic E-state index is 3.28. The van der Waals surface area contributed by atoms with E-state index < -0.39 is 0 Å². The van der Waals surface area contributed by atoms with E-state index in [1.807, 2.05) is 7.05 Å². The molecular weight excluding hydrogens is 218 g/mol. The molecule has 18 heavy (non-hydrogen) atoms. The highest BCUT2D eigenvalue weighted by Gasteiger charge is 2.23. The molecule has 0 heterocycles. The van der Waals surface area contributed by atoms with Gasteiger partial charge in [0.1, 0.15) is 0 Å². The first-order valence-electron chi connectivity index (χ1n) is 6.70. The Morgan fingerprint density at radius 1 is 0.944 bits per heavy atom. The van der Waals surface area contributed by atoms with Crippen LogP contribution in [-0.2, 0) is 6.42 Å². The number of hydrogen-bond donors (Lipinski definition) is 1. The molecular formula is C17H19N. The van der Waals surface area contributed by atoms with Crippen molar-refractivity contribution in [3.63, 3.8) is 0 Å². The summed E-state index contributed by atoms with van der Waals surface area (Å²) >= 11 is 0. The van der Waals surface area contributed by atoms with Crippen molar-refractivity contribution in [3.05, 3.63) is 70.8 Å². The van der Waals surface area contributed by atoms with E-state index in [0.717, 1.165) is 13.0 Å². The monoisotopic (exact) mass is 237 g/mol. The predicted molar refractivity (Wildman–Crippen MR) is 76.1 cm³/mol. The van der Waals surface area contributed by atoms with Gasteiger partial charge in [0.15, 0.2) is 0 Å². The van der Waals surface area contributed by atoms with Crippen molar-refractivity contribution in [1.82, 2.24) is 5.32 Å². The van der Waals surface area contributed by atoms with E-state index in [1.54, 1.807) is 0 Å². The van der Waals surface area contributed by atoms with Crippen LogP contribution in [0.4, 0.5) is 0 Å². The number of hydrogen-bond acceptors (Lipinski definition) is 1. The van der Waals surface area contributed by atoms with Crippen molar-refractivity contribution in [2.75, 3.05) is 13.6 Å². The Kier molecular flexibility index (Phi) is 3.16. The highest BCUT2D eigenvalue weighted by Crippen LogP contribution is 2.38. The smallest absolute Gasteiger partial charge is 0.0107 e. The SMILES string of the molecule is CNCCC1c2ccccc2Cc2ccccc21. The lowest BCUT2D eigenvalue weighted by Crippen LogP contribution is -2.18. The van der Waals surface area contributed by atoms with Crippen LogP contribution < -0.4 is 5.32 Å². The summed E-state index contributed by atoms with van der Waals surface area (Å²) in [7, 11) is 2.03. The van der Waals surface area contributed by atoms with Gasteiger partial charge in [-0.25, -0.2) is 0 Å². The van der Waals surface area contributed by atoms with E-state index in [2.05, 4.69) is 53.8 Å². The summed E-state index contributed by atoms with van der Waals surface area (Å²) in [6.45, 7) is 1.06. The van der Waals surface area contributed by atoms with E-state index >= 15 is 0 Å². The molecule has 2 aromatic carbocycles. The maximum atomic E-state index is 3.28. The summed E-state index contributed by atoms with van der Waals surface area (Å²) in [6, 6.07) is 17.8. The van der Waals surface area contributed by atoms with Gasteiger partial charge in [0, 0.05) is 5.92 Å². The minimum Gasteiger partial charge on any atom is -0.320 e. The average Bonchev–Trinajstić information content (AvgIpc) is 2.43. The molecule has 0 unspecified atom stereocenters. The topological polar surface area (TPSA) is 12.0 Å². The van der Waals surface area contributed by atoms with E-state index in [-0.39, 0.29) is 0 Å². The Bertz CT molecular complexity index is 499. The number of nitrogens with one attached hydrogen (secondary N) is 1. The summed E-state index contributed by atoms with van der Waals surface area (Å²) in [5.41, 5.74) is 6.03. The molecule has 0 saturated carbocycles. The second-order valence-electron chi connectivity index (χ2n) is 5.02. The molecule has 1 aliphatic rings. The van der Waals surface area contributed by atoms with E-state index in [9.17, 15) is 0 Å². The minimum atomic E-state index is 0.554. The van der Waals surface area contributed by atoms with Gasteiger partial charge in [0.05, 0.1) is 0 Å². The van der Waals surface area contributed by atoms with Crippen LogP contribution in [0, 0.1) is 0 Å². The summed E-state index contributed by atoms with van der Waals surface area (Å²) in [4.78, 5) is 0. The van der Waals surface area contributed by atoms with Crippen LogP contribution in [0.1, 0.15) is 34.6 Å². The van der Waals surface area contributed by atoms with E-state index in [0.29, 0.717) is 5.92 Å². The highest BCUT2D eigenvalue weighted by atomic mass is 14.8. The van der Waals surface area contributed by atoms with Crippen molar-refractivity contribution in [2.24, 2.45) is 0 Å². The van der Waals surface area contributed by atoms with Gasteiger partial charge < -0.3 is 5.32 Å². The highest BCUT2D eigenvalue weighted by molar-refractivity contribution is 5.48. The molecule has 0 aliphatic heterocycles. The van der Waals surface area contributed by atoms with Crippen molar-refractivity contribution in [3.8, 4) is 0 Å². The lowest BCUT2D eigenvalue weighted by molar-refractivity contribution is 0.645. The average molecular weight is 237 g/mol. The Hall–Kier alpha value is -1.60. The third-order valence-corrected chi connectivity index (χ3v) is 3.92. The maximum Gasteiger partial charge on any atom is 0.0107 e. The van der Waals surface area contributed by atoms with Crippen LogP contribution in [0.15, 0.2) is 48.5 Å². The molecule has 1 N–H and O–H groups in total. The third-order valence-electron chi connectivity index (χ3n) is 3.92. The van der Waals surface area contributed by atoms with Crippen LogP contribution in [0.5, 0.6) is 0 Å². The molecule has 3 rings (SSSR count). The first-order chi connectivity index (χ1) is 8.90. The molecule has 92 valence electrons. The minimum absolute atomic E-state index is 0.554. The van der Waals surface area contributed by atoms with Crippen LogP contribution in [0.2, 0.25) is 0 Å². The second kappa shape index (κ2) is 4.95. The fraction of sp³-hybridized carbons (Fsp3) is 0.294. The molecule has 0 fully saturated rings. The summed E-state index contributed by atoms with van der Waals surface area (Å²) in [6.07, 6.45) is 2.26. The molecule has 0 saturated heterocycles. The molecule has 0 atom stereocenters. The Morgan fingerprint density at radius 3 is 2.06 bits per heavy atom. The Balaban J connectivity index is 2.05. The number of fused-ring (bicyclic) bond motifs is 2. The lowest BCUT2D eigenvalue weighted by Gasteiger charge is -2.28. The standard InChI is InChI=1S/C17H19N/c1-18-11-10-17-15-8-4-2-6-13(15)12-14-7-3-5-9-16(14)17/h2-9,17-18H,10-12H2,1H3. The number of rotatable bonds is 3. The van der Waals surface area contributed by atoms with E-state index in [4.69, 9.17) is 0 Å². The van der Waals surface area contributed by atoms with Crippen molar-refractivity contribution >= 4 is 0 Å². The molecule has 0 bridgehead atoms. The van der Waals surface area contributed by atoms with Crippen LogP contribution in [0.25, 0.3) is 0 Å². The molecule has 1 nitrogen and oxygen atoms in total. The van der Waals surface area contributed by atoms with Crippen molar-refractivity contribution in [1.29, 1.82) is 0 Å². The second-order valence-corrected chi connectivity index (χ2v) is 5.02. The lowest BCUT2D eigenvalue weighted by atomic mass is 9.77. The van der Waals surface area contributed by atoms with Gasteiger partial charge in [-0.15, -0.1) is 0 Å². The Labute approximate surface area is 109 Å². The fourth-order valence-electron chi connectivity index (χ4n) is 3.04. The molecule has 0 aromatic heterocycles. The first-order valence-corrected chi connectivity index (χ1v) is 6.70. The zero-order valence-electron chi connectivity index (χ0n) is 10.8.